The summed E-state index contributed by atoms with van der Waals surface area (Å²) >= 11 is 3.44. The molecular weight excluding hydrogens is 217 g/mol. The second-order valence-electron chi connectivity index (χ2n) is 1.84. The number of alkyl halides is 1. The zero-order chi connectivity index (χ0) is 5.70. The van der Waals surface area contributed by atoms with Crippen molar-refractivity contribution in [2.24, 2.45) is 5.92 Å². The van der Waals surface area contributed by atoms with Crippen LogP contribution in [-0.2, 0) is 19.5 Å². The van der Waals surface area contributed by atoms with Crippen LogP contribution in [0.15, 0.2) is 0 Å². The second-order valence-corrected chi connectivity index (χ2v) is 2.48. The summed E-state index contributed by atoms with van der Waals surface area (Å²) in [5.41, 5.74) is 0. The Kier molecular flexibility index (Phi) is 12.0. The van der Waals surface area contributed by atoms with Gasteiger partial charge >= 0.3 is 0 Å². The Morgan fingerprint density at radius 1 is 1.25 bits per heavy atom. The van der Waals surface area contributed by atoms with Crippen LogP contribution in [0.5, 0.6) is 0 Å². The molecule has 0 radical (unpaired) electrons. The Morgan fingerprint density at radius 2 is 1.62 bits per heavy atom. The van der Waals surface area contributed by atoms with E-state index >= 15 is 0 Å². The minimum atomic E-state index is 0. The maximum atomic E-state index is 3.44. The van der Waals surface area contributed by atoms with Crippen LogP contribution in [0.3, 0.4) is 0 Å². The third-order valence-electron chi connectivity index (χ3n) is 1.37. The average Bonchev–Trinajstić information content (AvgIpc) is 1.72. The quantitative estimate of drug-likeness (QED) is 0.517. The second kappa shape index (κ2) is 8.10. The minimum Gasteiger partial charge on any atom is -0.0925 e. The number of halogens is 1. The monoisotopic (exact) mass is 228 g/mol. The van der Waals surface area contributed by atoms with Crippen molar-refractivity contribution >= 4 is 15.9 Å². The molecule has 0 bridgehead atoms. The van der Waals surface area contributed by atoms with E-state index in [-0.39, 0.29) is 19.5 Å². The average molecular weight is 230 g/mol. The Labute approximate surface area is 73.3 Å². The van der Waals surface area contributed by atoms with Gasteiger partial charge in [-0.1, -0.05) is 42.6 Å². The van der Waals surface area contributed by atoms with E-state index < -0.39 is 0 Å². The molecule has 46 valence electrons. The standard InChI is InChI=1S/C6H13Br.Zn/c1-3-6(4-2)5-7;/h6H,3-5H2,1-2H3;. The molecule has 0 nitrogen and oxygen atoms in total. The molecule has 0 rings (SSSR count). The van der Waals surface area contributed by atoms with Crippen LogP contribution in [0.4, 0.5) is 0 Å². The van der Waals surface area contributed by atoms with Crippen LogP contribution in [0, 0.1) is 5.92 Å². The van der Waals surface area contributed by atoms with Gasteiger partial charge in [-0.25, -0.2) is 0 Å². The van der Waals surface area contributed by atoms with Crippen molar-refractivity contribution in [3.05, 3.63) is 0 Å². The van der Waals surface area contributed by atoms with Crippen molar-refractivity contribution in [3.8, 4) is 0 Å². The first-order valence-corrected chi connectivity index (χ1v) is 4.03. The molecule has 0 aromatic carbocycles. The molecule has 0 aromatic rings. The molecule has 0 aliphatic carbocycles. The zero-order valence-electron chi connectivity index (χ0n) is 5.78. The molecular formula is C6H13BrZn. The smallest absolute Gasteiger partial charge is 0.00594 e. The van der Waals surface area contributed by atoms with Crippen molar-refractivity contribution in [2.75, 3.05) is 5.33 Å². The first-order chi connectivity index (χ1) is 3.35. The molecule has 0 heterocycles. The summed E-state index contributed by atoms with van der Waals surface area (Å²) in [6, 6.07) is 0. The Balaban J connectivity index is 0. The Hall–Kier alpha value is 1.10. The topological polar surface area (TPSA) is 0 Å². The van der Waals surface area contributed by atoms with E-state index in [9.17, 15) is 0 Å². The van der Waals surface area contributed by atoms with Crippen LogP contribution in [0.1, 0.15) is 26.7 Å². The Bertz CT molecular complexity index is 30.0. The third-order valence-corrected chi connectivity index (χ3v) is 2.29. The van der Waals surface area contributed by atoms with E-state index in [2.05, 4.69) is 29.8 Å². The van der Waals surface area contributed by atoms with Crippen molar-refractivity contribution < 1.29 is 19.5 Å². The summed E-state index contributed by atoms with van der Waals surface area (Å²) in [7, 11) is 0. The maximum Gasteiger partial charge on any atom is 0.00594 e. The van der Waals surface area contributed by atoms with Crippen molar-refractivity contribution in [1.82, 2.24) is 0 Å². The summed E-state index contributed by atoms with van der Waals surface area (Å²) in [6.45, 7) is 4.46. The fourth-order valence-electron chi connectivity index (χ4n) is 0.507. The number of hydrogen-bond donors (Lipinski definition) is 0. The van der Waals surface area contributed by atoms with Crippen LogP contribution in [0.25, 0.3) is 0 Å². The molecule has 2 heteroatoms. The largest absolute Gasteiger partial charge is 0.0925 e. The van der Waals surface area contributed by atoms with Gasteiger partial charge < -0.3 is 0 Å². The van der Waals surface area contributed by atoms with Crippen LogP contribution >= 0.6 is 15.9 Å². The minimum absolute atomic E-state index is 0. The van der Waals surface area contributed by atoms with Gasteiger partial charge in [-0.15, -0.1) is 0 Å². The molecule has 0 saturated heterocycles. The van der Waals surface area contributed by atoms with E-state index in [0.29, 0.717) is 0 Å². The van der Waals surface area contributed by atoms with E-state index in [4.69, 9.17) is 0 Å². The van der Waals surface area contributed by atoms with E-state index in [1.54, 1.807) is 0 Å². The number of rotatable bonds is 3. The van der Waals surface area contributed by atoms with Gasteiger partial charge in [0.15, 0.2) is 0 Å². The van der Waals surface area contributed by atoms with Crippen LogP contribution in [-0.4, -0.2) is 5.33 Å². The van der Waals surface area contributed by atoms with Crippen LogP contribution < -0.4 is 0 Å². The normalized spacial score (nSPS) is 9.00. The van der Waals surface area contributed by atoms with Gasteiger partial charge in [0.05, 0.1) is 0 Å². The summed E-state index contributed by atoms with van der Waals surface area (Å²) < 4.78 is 0. The van der Waals surface area contributed by atoms with Gasteiger partial charge in [0.2, 0.25) is 0 Å². The van der Waals surface area contributed by atoms with E-state index in [1.165, 1.54) is 18.2 Å². The first kappa shape index (κ1) is 11.8. The predicted molar refractivity (Wildman–Crippen MR) is 37.9 cm³/mol. The van der Waals surface area contributed by atoms with Gasteiger partial charge in [-0.2, -0.15) is 0 Å². The molecule has 0 amide bonds. The molecule has 0 saturated carbocycles. The van der Waals surface area contributed by atoms with E-state index in [1.807, 2.05) is 0 Å². The van der Waals surface area contributed by atoms with Gasteiger partial charge in [0.25, 0.3) is 0 Å². The van der Waals surface area contributed by atoms with E-state index in [0.717, 1.165) is 5.92 Å². The fraction of sp³-hybridized carbons (Fsp3) is 1.00. The fourth-order valence-corrected chi connectivity index (χ4v) is 1.42. The molecule has 0 fully saturated rings. The first-order valence-electron chi connectivity index (χ1n) is 2.91. The summed E-state index contributed by atoms with van der Waals surface area (Å²) in [5, 5.41) is 1.17. The molecule has 0 atom stereocenters. The summed E-state index contributed by atoms with van der Waals surface area (Å²) in [4.78, 5) is 0. The molecule has 0 unspecified atom stereocenters. The summed E-state index contributed by atoms with van der Waals surface area (Å²) in [5.74, 6) is 0.903. The Morgan fingerprint density at radius 3 is 1.62 bits per heavy atom. The van der Waals surface area contributed by atoms with Crippen molar-refractivity contribution in [3.63, 3.8) is 0 Å². The van der Waals surface area contributed by atoms with Crippen molar-refractivity contribution in [2.45, 2.75) is 26.7 Å². The molecule has 0 spiro atoms. The molecule has 0 N–H and O–H groups in total. The maximum absolute atomic E-state index is 3.44. The predicted octanol–water partition coefficient (Wildman–Crippen LogP) is 2.82. The van der Waals surface area contributed by atoms with Crippen LogP contribution in [0.2, 0.25) is 0 Å². The van der Waals surface area contributed by atoms with Crippen molar-refractivity contribution in [1.29, 1.82) is 0 Å². The van der Waals surface area contributed by atoms with Gasteiger partial charge in [0.1, 0.15) is 0 Å². The van der Waals surface area contributed by atoms with Gasteiger partial charge in [-0.3, -0.25) is 0 Å². The summed E-state index contributed by atoms with van der Waals surface area (Å²) in [6.07, 6.45) is 2.61. The zero-order valence-corrected chi connectivity index (χ0v) is 10.3. The molecule has 0 aromatic heterocycles. The molecule has 0 aliphatic rings. The molecule has 8 heavy (non-hydrogen) atoms. The third kappa shape index (κ3) is 5.24. The van der Waals surface area contributed by atoms with Gasteiger partial charge in [0, 0.05) is 24.8 Å². The van der Waals surface area contributed by atoms with Gasteiger partial charge in [-0.05, 0) is 5.92 Å². The number of hydrogen-bond acceptors (Lipinski definition) is 0. The molecule has 0 aliphatic heterocycles. The SMILES string of the molecule is CCC(CC)CBr.[Zn].